The predicted molar refractivity (Wildman–Crippen MR) is 81.8 cm³/mol. The van der Waals surface area contributed by atoms with Gasteiger partial charge in [-0.3, -0.25) is 4.79 Å². The molecule has 3 amide bonds. The molecule has 7 heteroatoms. The first kappa shape index (κ1) is 16.2. The molecule has 0 saturated carbocycles. The zero-order valence-electron chi connectivity index (χ0n) is 12.5. The van der Waals surface area contributed by atoms with Crippen molar-refractivity contribution < 1.29 is 14.0 Å². The minimum atomic E-state index is -0.363. The molecule has 0 aromatic heterocycles. The number of urea groups is 1. The van der Waals surface area contributed by atoms with E-state index < -0.39 is 0 Å². The van der Waals surface area contributed by atoms with Gasteiger partial charge in [-0.2, -0.15) is 0 Å². The number of nitrogens with one attached hydrogen (secondary N) is 2. The smallest absolute Gasteiger partial charge is 0.319 e. The van der Waals surface area contributed by atoms with E-state index in [4.69, 9.17) is 5.73 Å². The molecule has 0 radical (unpaired) electrons. The van der Waals surface area contributed by atoms with Crippen molar-refractivity contribution in [3.05, 3.63) is 30.1 Å². The Morgan fingerprint density at radius 3 is 2.73 bits per heavy atom. The molecule has 0 bridgehead atoms. The summed E-state index contributed by atoms with van der Waals surface area (Å²) in [5, 5.41) is 5.44. The van der Waals surface area contributed by atoms with Crippen LogP contribution < -0.4 is 16.4 Å². The molecule has 1 heterocycles. The van der Waals surface area contributed by atoms with Gasteiger partial charge in [-0.1, -0.05) is 0 Å². The Morgan fingerprint density at radius 1 is 1.41 bits per heavy atom. The monoisotopic (exact) mass is 308 g/mol. The number of amides is 3. The van der Waals surface area contributed by atoms with Gasteiger partial charge >= 0.3 is 6.03 Å². The summed E-state index contributed by atoms with van der Waals surface area (Å²) < 4.78 is 12.8. The van der Waals surface area contributed by atoms with Crippen LogP contribution in [-0.4, -0.2) is 42.0 Å². The highest BCUT2D eigenvalue weighted by Crippen LogP contribution is 2.12. The Balaban J connectivity index is 1.78. The number of carbonyl (C=O) groups excluding carboxylic acids is 2. The highest BCUT2D eigenvalue weighted by molar-refractivity contribution is 5.89. The zero-order chi connectivity index (χ0) is 16.1. The lowest BCUT2D eigenvalue weighted by Gasteiger charge is -2.18. The lowest BCUT2D eigenvalue weighted by atomic mass is 10.2. The maximum atomic E-state index is 12.8. The molecule has 4 N–H and O–H groups in total. The van der Waals surface area contributed by atoms with Gasteiger partial charge in [0.05, 0.1) is 0 Å². The number of hydrogen-bond acceptors (Lipinski definition) is 3. The minimum Gasteiger partial charge on any atom is -0.341 e. The Kier molecular flexibility index (Phi) is 5.32. The van der Waals surface area contributed by atoms with Gasteiger partial charge < -0.3 is 21.3 Å². The van der Waals surface area contributed by atoms with Crippen molar-refractivity contribution in [3.8, 4) is 0 Å². The molecule has 1 aliphatic rings. The number of benzene rings is 1. The summed E-state index contributed by atoms with van der Waals surface area (Å²) in [6.45, 7) is 2.90. The quantitative estimate of drug-likeness (QED) is 0.783. The van der Waals surface area contributed by atoms with E-state index in [-0.39, 0.29) is 29.8 Å². The highest BCUT2D eigenvalue weighted by Gasteiger charge is 2.27. The average Bonchev–Trinajstić information content (AvgIpc) is 2.89. The van der Waals surface area contributed by atoms with E-state index in [1.54, 1.807) is 11.8 Å². The molecule has 1 aromatic carbocycles. The molecular weight excluding hydrogens is 287 g/mol. The van der Waals surface area contributed by atoms with E-state index in [1.807, 2.05) is 0 Å². The Labute approximate surface area is 128 Å². The third kappa shape index (κ3) is 4.70. The van der Waals surface area contributed by atoms with Gasteiger partial charge in [0, 0.05) is 37.3 Å². The number of halogens is 1. The summed E-state index contributed by atoms with van der Waals surface area (Å²) in [6, 6.07) is 4.92. The first-order chi connectivity index (χ1) is 10.4. The van der Waals surface area contributed by atoms with Gasteiger partial charge in [-0.25, -0.2) is 9.18 Å². The molecule has 22 heavy (non-hydrogen) atoms. The number of nitrogens with zero attached hydrogens (tertiary/aromatic N) is 1. The lowest BCUT2D eigenvalue weighted by molar-refractivity contribution is -0.130. The largest absolute Gasteiger partial charge is 0.341 e. The van der Waals surface area contributed by atoms with Crippen LogP contribution in [0.1, 0.15) is 19.8 Å². The van der Waals surface area contributed by atoms with E-state index in [0.29, 0.717) is 31.6 Å². The second kappa shape index (κ2) is 7.22. The number of hydrogen-bond donors (Lipinski definition) is 3. The fourth-order valence-corrected chi connectivity index (χ4v) is 2.39. The van der Waals surface area contributed by atoms with E-state index in [2.05, 4.69) is 10.6 Å². The Morgan fingerprint density at radius 2 is 2.09 bits per heavy atom. The molecule has 1 saturated heterocycles. The lowest BCUT2D eigenvalue weighted by Crippen LogP contribution is -2.41. The maximum Gasteiger partial charge on any atom is 0.319 e. The van der Waals surface area contributed by atoms with Gasteiger partial charge in [0.25, 0.3) is 0 Å². The molecule has 1 aromatic rings. The molecular formula is C15H21FN4O2. The standard InChI is InChI=1S/C15H21FN4O2/c1-10(17)8-14(21)20-7-6-13(9-20)19-15(22)18-12-4-2-11(16)3-5-12/h2-5,10,13H,6-9,17H2,1H3,(H2,18,19,22). The molecule has 1 aliphatic heterocycles. The third-order valence-corrected chi connectivity index (χ3v) is 3.47. The fourth-order valence-electron chi connectivity index (χ4n) is 2.39. The minimum absolute atomic E-state index is 0.0123. The molecule has 2 unspecified atom stereocenters. The van der Waals surface area contributed by atoms with Crippen LogP contribution in [-0.2, 0) is 4.79 Å². The van der Waals surface area contributed by atoms with E-state index in [0.717, 1.165) is 0 Å². The van der Waals surface area contributed by atoms with Crippen LogP contribution in [0.2, 0.25) is 0 Å². The molecule has 0 spiro atoms. The van der Waals surface area contributed by atoms with Gasteiger partial charge in [0.1, 0.15) is 5.82 Å². The van der Waals surface area contributed by atoms with Gasteiger partial charge in [-0.05, 0) is 37.6 Å². The fraction of sp³-hybridized carbons (Fsp3) is 0.467. The second-order valence-corrected chi connectivity index (χ2v) is 5.61. The molecule has 2 rings (SSSR count). The maximum absolute atomic E-state index is 12.8. The molecule has 1 fully saturated rings. The number of rotatable bonds is 4. The van der Waals surface area contributed by atoms with Crippen LogP contribution >= 0.6 is 0 Å². The van der Waals surface area contributed by atoms with E-state index in [9.17, 15) is 14.0 Å². The molecule has 120 valence electrons. The van der Waals surface area contributed by atoms with Crippen LogP contribution in [0.3, 0.4) is 0 Å². The van der Waals surface area contributed by atoms with Crippen molar-refractivity contribution in [1.82, 2.24) is 10.2 Å². The third-order valence-electron chi connectivity index (χ3n) is 3.47. The van der Waals surface area contributed by atoms with Crippen molar-refractivity contribution in [2.75, 3.05) is 18.4 Å². The summed E-state index contributed by atoms with van der Waals surface area (Å²) in [7, 11) is 0. The van der Waals surface area contributed by atoms with Crippen LogP contribution in [0.5, 0.6) is 0 Å². The SMILES string of the molecule is CC(N)CC(=O)N1CCC(NC(=O)Nc2ccc(F)cc2)C1. The van der Waals surface area contributed by atoms with Crippen molar-refractivity contribution in [2.24, 2.45) is 5.73 Å². The topological polar surface area (TPSA) is 87.5 Å². The van der Waals surface area contributed by atoms with Crippen molar-refractivity contribution in [2.45, 2.75) is 31.8 Å². The predicted octanol–water partition coefficient (Wildman–Crippen LogP) is 1.29. The summed E-state index contributed by atoms with van der Waals surface area (Å²) >= 11 is 0. The van der Waals surface area contributed by atoms with Crippen LogP contribution in [0.4, 0.5) is 14.9 Å². The average molecular weight is 308 g/mol. The molecule has 0 aliphatic carbocycles. The van der Waals surface area contributed by atoms with Crippen LogP contribution in [0.15, 0.2) is 24.3 Å². The first-order valence-corrected chi connectivity index (χ1v) is 7.30. The van der Waals surface area contributed by atoms with Crippen molar-refractivity contribution >= 4 is 17.6 Å². The summed E-state index contributed by atoms with van der Waals surface area (Å²) in [5.41, 5.74) is 6.13. The zero-order valence-corrected chi connectivity index (χ0v) is 12.5. The summed E-state index contributed by atoms with van der Waals surface area (Å²) in [4.78, 5) is 25.5. The first-order valence-electron chi connectivity index (χ1n) is 7.30. The summed E-state index contributed by atoms with van der Waals surface area (Å²) in [6.07, 6.45) is 1.02. The number of likely N-dealkylation sites (tertiary alicyclic amines) is 1. The van der Waals surface area contributed by atoms with E-state index >= 15 is 0 Å². The Bertz CT molecular complexity index is 533. The highest BCUT2D eigenvalue weighted by atomic mass is 19.1. The van der Waals surface area contributed by atoms with Gasteiger partial charge in [0.15, 0.2) is 0 Å². The number of carbonyl (C=O) groups is 2. The second-order valence-electron chi connectivity index (χ2n) is 5.61. The van der Waals surface area contributed by atoms with Crippen molar-refractivity contribution in [1.29, 1.82) is 0 Å². The van der Waals surface area contributed by atoms with Crippen LogP contribution in [0.25, 0.3) is 0 Å². The Hall–Kier alpha value is -2.15. The molecule has 2 atom stereocenters. The van der Waals surface area contributed by atoms with Gasteiger partial charge in [0.2, 0.25) is 5.91 Å². The number of anilines is 1. The molecule has 6 nitrogen and oxygen atoms in total. The van der Waals surface area contributed by atoms with Crippen LogP contribution in [0, 0.1) is 5.82 Å². The van der Waals surface area contributed by atoms with Crippen molar-refractivity contribution in [3.63, 3.8) is 0 Å². The number of nitrogens with two attached hydrogens (primary N) is 1. The van der Waals surface area contributed by atoms with Gasteiger partial charge in [-0.15, -0.1) is 0 Å². The normalized spacial score (nSPS) is 18.9. The summed E-state index contributed by atoms with van der Waals surface area (Å²) in [5.74, 6) is -0.344. The van der Waals surface area contributed by atoms with E-state index in [1.165, 1.54) is 24.3 Å².